The van der Waals surface area contributed by atoms with Gasteiger partial charge in [-0.15, -0.1) is 0 Å². The molecule has 0 bridgehead atoms. The van der Waals surface area contributed by atoms with Gasteiger partial charge < -0.3 is 5.32 Å². The third kappa shape index (κ3) is 4.99. The van der Waals surface area contributed by atoms with E-state index in [1.807, 2.05) is 0 Å². The highest BCUT2D eigenvalue weighted by molar-refractivity contribution is 5.43. The summed E-state index contributed by atoms with van der Waals surface area (Å²) in [5.74, 6) is 0.754. The van der Waals surface area contributed by atoms with Crippen molar-refractivity contribution in [3.8, 4) is 0 Å². The van der Waals surface area contributed by atoms with Crippen LogP contribution in [0.3, 0.4) is 0 Å². The summed E-state index contributed by atoms with van der Waals surface area (Å²) in [5.41, 5.74) is 7.46. The number of benzene rings is 1. The number of hydrogen-bond acceptors (Lipinski definition) is 1. The standard InChI is InChI=1S/C18H31N/c1-13(2)12-19-10-8-7-9-18-16(5)14(3)11-15(4)17(18)6/h11,13,19H,7-10,12H2,1-6H3. The fourth-order valence-corrected chi connectivity index (χ4v) is 2.62. The van der Waals surface area contributed by atoms with Gasteiger partial charge in [0, 0.05) is 0 Å². The molecule has 0 saturated heterocycles. The molecule has 19 heavy (non-hydrogen) atoms. The second kappa shape index (κ2) is 7.69. The Balaban J connectivity index is 2.45. The van der Waals surface area contributed by atoms with Crippen molar-refractivity contribution < 1.29 is 0 Å². The molecule has 1 rings (SSSR count). The van der Waals surface area contributed by atoms with Crippen LogP contribution in [0.1, 0.15) is 54.5 Å². The predicted molar refractivity (Wildman–Crippen MR) is 86.0 cm³/mol. The van der Waals surface area contributed by atoms with E-state index in [1.54, 1.807) is 5.56 Å². The van der Waals surface area contributed by atoms with E-state index in [4.69, 9.17) is 0 Å². The van der Waals surface area contributed by atoms with Crippen LogP contribution in [0, 0.1) is 33.6 Å². The molecule has 0 aliphatic rings. The summed E-state index contributed by atoms with van der Waals surface area (Å²) < 4.78 is 0. The zero-order valence-corrected chi connectivity index (χ0v) is 13.7. The molecular formula is C18H31N. The average molecular weight is 261 g/mol. The van der Waals surface area contributed by atoms with Crippen LogP contribution < -0.4 is 5.32 Å². The second-order valence-electron chi connectivity index (χ2n) is 6.29. The molecule has 0 atom stereocenters. The molecule has 0 aliphatic heterocycles. The SMILES string of the molecule is Cc1cc(C)c(C)c(CCCCNCC(C)C)c1C. The van der Waals surface area contributed by atoms with Crippen molar-refractivity contribution in [2.75, 3.05) is 13.1 Å². The lowest BCUT2D eigenvalue weighted by Gasteiger charge is -2.15. The molecule has 0 saturated carbocycles. The van der Waals surface area contributed by atoms with Crippen LogP contribution in [-0.4, -0.2) is 13.1 Å². The molecule has 108 valence electrons. The number of rotatable bonds is 7. The highest BCUT2D eigenvalue weighted by Crippen LogP contribution is 2.23. The van der Waals surface area contributed by atoms with Crippen molar-refractivity contribution in [1.82, 2.24) is 5.32 Å². The van der Waals surface area contributed by atoms with E-state index >= 15 is 0 Å². The lowest BCUT2D eigenvalue weighted by atomic mass is 9.91. The van der Waals surface area contributed by atoms with Gasteiger partial charge in [0.25, 0.3) is 0 Å². The maximum atomic E-state index is 3.52. The topological polar surface area (TPSA) is 12.0 Å². The first kappa shape index (κ1) is 16.2. The molecule has 0 aromatic heterocycles. The number of aryl methyl sites for hydroxylation is 2. The molecule has 0 amide bonds. The van der Waals surface area contributed by atoms with Crippen molar-refractivity contribution in [2.45, 2.75) is 60.8 Å². The van der Waals surface area contributed by atoms with Crippen molar-refractivity contribution in [3.05, 3.63) is 33.9 Å². The molecule has 1 aromatic carbocycles. The van der Waals surface area contributed by atoms with Crippen LogP contribution in [0.4, 0.5) is 0 Å². The zero-order valence-electron chi connectivity index (χ0n) is 13.7. The van der Waals surface area contributed by atoms with Crippen LogP contribution in [0.25, 0.3) is 0 Å². The molecule has 0 heterocycles. The maximum Gasteiger partial charge on any atom is -0.00258 e. The van der Waals surface area contributed by atoms with Crippen LogP contribution in [-0.2, 0) is 6.42 Å². The van der Waals surface area contributed by atoms with E-state index in [0.717, 1.165) is 19.0 Å². The quantitative estimate of drug-likeness (QED) is 0.713. The molecule has 1 N–H and O–H groups in total. The summed E-state index contributed by atoms with van der Waals surface area (Å²) >= 11 is 0. The van der Waals surface area contributed by atoms with Crippen LogP contribution in [0.2, 0.25) is 0 Å². The first-order valence-corrected chi connectivity index (χ1v) is 7.70. The highest BCUT2D eigenvalue weighted by Gasteiger charge is 2.07. The predicted octanol–water partition coefficient (Wildman–Crippen LogP) is 4.49. The zero-order chi connectivity index (χ0) is 14.4. The van der Waals surface area contributed by atoms with E-state index in [1.165, 1.54) is 41.5 Å². The summed E-state index contributed by atoms with van der Waals surface area (Å²) in [6.45, 7) is 15.8. The minimum Gasteiger partial charge on any atom is -0.316 e. The Kier molecular flexibility index (Phi) is 6.57. The molecule has 1 heteroatoms. The van der Waals surface area contributed by atoms with Gasteiger partial charge in [-0.3, -0.25) is 0 Å². The van der Waals surface area contributed by atoms with Gasteiger partial charge in [-0.05, 0) is 93.8 Å². The Morgan fingerprint density at radius 2 is 1.53 bits per heavy atom. The van der Waals surface area contributed by atoms with Crippen LogP contribution in [0.15, 0.2) is 6.07 Å². The smallest absolute Gasteiger partial charge is 0.00258 e. The normalized spacial score (nSPS) is 11.3. The Bertz CT molecular complexity index is 378. The maximum absolute atomic E-state index is 3.52. The van der Waals surface area contributed by atoms with Crippen molar-refractivity contribution in [1.29, 1.82) is 0 Å². The van der Waals surface area contributed by atoms with E-state index in [-0.39, 0.29) is 0 Å². The van der Waals surface area contributed by atoms with E-state index in [2.05, 4.69) is 52.9 Å². The minimum absolute atomic E-state index is 0.754. The van der Waals surface area contributed by atoms with Gasteiger partial charge in [0.2, 0.25) is 0 Å². The molecule has 0 aliphatic carbocycles. The second-order valence-corrected chi connectivity index (χ2v) is 6.29. The summed E-state index contributed by atoms with van der Waals surface area (Å²) in [6, 6.07) is 2.32. The molecular weight excluding hydrogens is 230 g/mol. The van der Waals surface area contributed by atoms with E-state index in [0.29, 0.717) is 0 Å². The van der Waals surface area contributed by atoms with Gasteiger partial charge >= 0.3 is 0 Å². The van der Waals surface area contributed by atoms with Crippen LogP contribution in [0.5, 0.6) is 0 Å². The highest BCUT2D eigenvalue weighted by atomic mass is 14.8. The van der Waals surface area contributed by atoms with Crippen molar-refractivity contribution in [3.63, 3.8) is 0 Å². The lowest BCUT2D eigenvalue weighted by molar-refractivity contribution is 0.535. The first-order chi connectivity index (χ1) is 8.93. The third-order valence-electron chi connectivity index (χ3n) is 4.10. The van der Waals surface area contributed by atoms with Gasteiger partial charge in [-0.2, -0.15) is 0 Å². The molecule has 0 fully saturated rings. The largest absolute Gasteiger partial charge is 0.316 e. The Morgan fingerprint density at radius 1 is 0.947 bits per heavy atom. The van der Waals surface area contributed by atoms with Gasteiger partial charge in [0.15, 0.2) is 0 Å². The Hall–Kier alpha value is -0.820. The molecule has 0 unspecified atom stereocenters. The first-order valence-electron chi connectivity index (χ1n) is 7.70. The number of nitrogens with one attached hydrogen (secondary N) is 1. The summed E-state index contributed by atoms with van der Waals surface area (Å²) in [4.78, 5) is 0. The molecule has 0 radical (unpaired) electrons. The summed E-state index contributed by atoms with van der Waals surface area (Å²) in [7, 11) is 0. The van der Waals surface area contributed by atoms with E-state index in [9.17, 15) is 0 Å². The lowest BCUT2D eigenvalue weighted by Crippen LogP contribution is -2.20. The van der Waals surface area contributed by atoms with Crippen molar-refractivity contribution >= 4 is 0 Å². The third-order valence-corrected chi connectivity index (χ3v) is 4.10. The summed E-state index contributed by atoms with van der Waals surface area (Å²) in [5, 5.41) is 3.52. The summed E-state index contributed by atoms with van der Waals surface area (Å²) in [6.07, 6.45) is 3.79. The van der Waals surface area contributed by atoms with E-state index < -0.39 is 0 Å². The monoisotopic (exact) mass is 261 g/mol. The van der Waals surface area contributed by atoms with Gasteiger partial charge in [0.1, 0.15) is 0 Å². The minimum atomic E-state index is 0.754. The number of unbranched alkanes of at least 4 members (excludes halogenated alkanes) is 1. The Morgan fingerprint density at radius 3 is 2.05 bits per heavy atom. The Labute approximate surface area is 119 Å². The molecule has 1 nitrogen and oxygen atoms in total. The van der Waals surface area contributed by atoms with Gasteiger partial charge in [0.05, 0.1) is 0 Å². The van der Waals surface area contributed by atoms with Crippen LogP contribution >= 0.6 is 0 Å². The van der Waals surface area contributed by atoms with Gasteiger partial charge in [-0.1, -0.05) is 19.9 Å². The average Bonchev–Trinajstić information content (AvgIpc) is 2.34. The fourth-order valence-electron chi connectivity index (χ4n) is 2.62. The number of hydrogen-bond donors (Lipinski definition) is 1. The molecule has 1 aromatic rings. The molecule has 0 spiro atoms. The fraction of sp³-hybridized carbons (Fsp3) is 0.667. The van der Waals surface area contributed by atoms with Gasteiger partial charge in [-0.25, -0.2) is 0 Å². The van der Waals surface area contributed by atoms with Crippen molar-refractivity contribution in [2.24, 2.45) is 5.92 Å².